The standard InChI is InChI=1S/C36H34N4O8S2/c1-23-8-10-25(3)33(20-23)49(43,44)47-31-16-12-27(13-17-31)37-35(41)39-29-6-5-7-30(22-29)40-36(42)38-28-14-18-32(19-15-28)48-50(45,46)34-21-24(2)9-11-26(34)4/h5-22H,1-4H3,(H2,37,39,41)(H2,38,40,42). The third-order valence-corrected chi connectivity index (χ3v) is 10.0. The summed E-state index contributed by atoms with van der Waals surface area (Å²) in [4.78, 5) is 25.5. The number of urea groups is 2. The Bertz CT molecular complexity index is 2120. The van der Waals surface area contributed by atoms with Gasteiger partial charge in [-0.2, -0.15) is 16.8 Å². The maximum absolute atomic E-state index is 12.8. The average Bonchev–Trinajstić information content (AvgIpc) is 3.05. The number of benzene rings is 5. The molecule has 0 aliphatic heterocycles. The first-order chi connectivity index (χ1) is 23.7. The normalized spacial score (nSPS) is 11.3. The zero-order valence-corrected chi connectivity index (χ0v) is 29.1. The number of anilines is 4. The van der Waals surface area contributed by atoms with Crippen LogP contribution in [0.3, 0.4) is 0 Å². The molecule has 4 amide bonds. The first-order valence-electron chi connectivity index (χ1n) is 15.2. The molecule has 0 unspecified atom stereocenters. The number of hydrogen-bond acceptors (Lipinski definition) is 8. The summed E-state index contributed by atoms with van der Waals surface area (Å²) < 4.78 is 61.7. The number of hydrogen-bond donors (Lipinski definition) is 4. The average molecular weight is 715 g/mol. The minimum Gasteiger partial charge on any atom is -0.379 e. The molecule has 0 aromatic heterocycles. The second-order valence-corrected chi connectivity index (χ2v) is 14.4. The third kappa shape index (κ3) is 9.18. The van der Waals surface area contributed by atoms with E-state index in [1.165, 1.54) is 48.5 Å². The molecule has 0 saturated heterocycles. The molecule has 0 saturated carbocycles. The van der Waals surface area contributed by atoms with E-state index in [1.54, 1.807) is 76.2 Å². The van der Waals surface area contributed by atoms with Gasteiger partial charge in [0, 0.05) is 22.7 Å². The van der Waals surface area contributed by atoms with Gasteiger partial charge in [0.25, 0.3) is 0 Å². The van der Waals surface area contributed by atoms with E-state index >= 15 is 0 Å². The number of amides is 4. The van der Waals surface area contributed by atoms with Crippen LogP contribution in [0.1, 0.15) is 22.3 Å². The molecule has 5 aromatic rings. The van der Waals surface area contributed by atoms with Gasteiger partial charge in [-0.15, -0.1) is 0 Å². The number of carbonyl (C=O) groups excluding carboxylic acids is 2. The Hall–Kier alpha value is -5.86. The first-order valence-corrected chi connectivity index (χ1v) is 18.0. The molecule has 14 heteroatoms. The van der Waals surface area contributed by atoms with Crippen LogP contribution < -0.4 is 29.6 Å². The summed E-state index contributed by atoms with van der Waals surface area (Å²) in [6, 6.07) is 27.1. The summed E-state index contributed by atoms with van der Waals surface area (Å²) in [5.74, 6) is 0.165. The van der Waals surface area contributed by atoms with Crippen molar-refractivity contribution in [1.29, 1.82) is 0 Å². The molecular formula is C36H34N4O8S2. The van der Waals surface area contributed by atoms with E-state index in [9.17, 15) is 26.4 Å². The van der Waals surface area contributed by atoms with Crippen LogP contribution in [0.25, 0.3) is 0 Å². The van der Waals surface area contributed by atoms with Crippen molar-refractivity contribution in [1.82, 2.24) is 0 Å². The molecule has 0 aliphatic rings. The van der Waals surface area contributed by atoms with Crippen molar-refractivity contribution < 1.29 is 34.8 Å². The zero-order valence-electron chi connectivity index (χ0n) is 27.5. The van der Waals surface area contributed by atoms with Gasteiger partial charge < -0.3 is 29.6 Å². The lowest BCUT2D eigenvalue weighted by atomic mass is 10.2. The fraction of sp³-hybridized carbons (Fsp3) is 0.111. The van der Waals surface area contributed by atoms with Crippen LogP contribution in [0.4, 0.5) is 32.3 Å². The maximum Gasteiger partial charge on any atom is 0.339 e. The van der Waals surface area contributed by atoms with E-state index in [4.69, 9.17) is 8.37 Å². The quantitative estimate of drug-likeness (QED) is 0.107. The summed E-state index contributed by atoms with van der Waals surface area (Å²) in [5, 5.41) is 10.6. The van der Waals surface area contributed by atoms with Crippen LogP contribution in [0.2, 0.25) is 0 Å². The minimum absolute atomic E-state index is 0.0804. The smallest absolute Gasteiger partial charge is 0.339 e. The molecule has 0 heterocycles. The fourth-order valence-corrected chi connectivity index (χ4v) is 7.24. The van der Waals surface area contributed by atoms with Crippen LogP contribution >= 0.6 is 0 Å². The van der Waals surface area contributed by atoms with Crippen molar-refractivity contribution in [2.45, 2.75) is 37.5 Å². The van der Waals surface area contributed by atoms with Crippen molar-refractivity contribution in [3.8, 4) is 11.5 Å². The molecule has 4 N–H and O–H groups in total. The molecule has 0 radical (unpaired) electrons. The highest BCUT2D eigenvalue weighted by Gasteiger charge is 2.21. The van der Waals surface area contributed by atoms with Crippen molar-refractivity contribution in [2.75, 3.05) is 21.3 Å². The van der Waals surface area contributed by atoms with Crippen LogP contribution in [-0.4, -0.2) is 28.9 Å². The van der Waals surface area contributed by atoms with Crippen LogP contribution in [-0.2, 0) is 20.2 Å². The van der Waals surface area contributed by atoms with Gasteiger partial charge >= 0.3 is 32.3 Å². The van der Waals surface area contributed by atoms with Gasteiger partial charge in [0.15, 0.2) is 0 Å². The Morgan fingerprint density at radius 1 is 0.460 bits per heavy atom. The molecule has 50 heavy (non-hydrogen) atoms. The van der Waals surface area contributed by atoms with Crippen LogP contribution in [0.15, 0.2) is 119 Å². The molecule has 0 aliphatic carbocycles. The van der Waals surface area contributed by atoms with Gasteiger partial charge in [0.05, 0.1) is 0 Å². The minimum atomic E-state index is -4.05. The molecule has 0 spiro atoms. The number of nitrogens with one attached hydrogen (secondary N) is 4. The number of rotatable bonds is 10. The second kappa shape index (κ2) is 14.7. The predicted octanol–water partition coefficient (Wildman–Crippen LogP) is 7.74. The lowest BCUT2D eigenvalue weighted by Gasteiger charge is -2.12. The molecule has 0 atom stereocenters. The highest BCUT2D eigenvalue weighted by Crippen LogP contribution is 2.26. The van der Waals surface area contributed by atoms with Gasteiger partial charge in [-0.25, -0.2) is 9.59 Å². The largest absolute Gasteiger partial charge is 0.379 e. The van der Waals surface area contributed by atoms with Crippen molar-refractivity contribution in [3.05, 3.63) is 131 Å². The molecule has 258 valence electrons. The molecular weight excluding hydrogens is 681 g/mol. The molecule has 0 fully saturated rings. The summed E-state index contributed by atoms with van der Waals surface area (Å²) >= 11 is 0. The SMILES string of the molecule is Cc1ccc(C)c(S(=O)(=O)Oc2ccc(NC(=O)Nc3cccc(NC(=O)Nc4ccc(OS(=O)(=O)c5cc(C)ccc5C)cc4)c3)cc2)c1. The van der Waals surface area contributed by atoms with Crippen molar-refractivity contribution in [3.63, 3.8) is 0 Å². The molecule has 12 nitrogen and oxygen atoms in total. The lowest BCUT2D eigenvalue weighted by molar-refractivity contribution is 0.261. The maximum atomic E-state index is 12.8. The second-order valence-electron chi connectivity index (χ2n) is 11.4. The van der Waals surface area contributed by atoms with Gasteiger partial charge in [0.1, 0.15) is 21.3 Å². The molecule has 5 rings (SSSR count). The van der Waals surface area contributed by atoms with Crippen molar-refractivity contribution in [2.24, 2.45) is 0 Å². The van der Waals surface area contributed by atoms with E-state index < -0.39 is 32.3 Å². The zero-order chi connectivity index (χ0) is 36.1. The van der Waals surface area contributed by atoms with E-state index in [1.807, 2.05) is 12.1 Å². The summed E-state index contributed by atoms with van der Waals surface area (Å²) in [6.45, 7) is 6.96. The highest BCUT2D eigenvalue weighted by atomic mass is 32.2. The van der Waals surface area contributed by atoms with Crippen molar-refractivity contribution >= 4 is 55.0 Å². The highest BCUT2D eigenvalue weighted by molar-refractivity contribution is 7.87. The topological polar surface area (TPSA) is 169 Å². The first kappa shape index (κ1) is 35.4. The molecule has 0 bridgehead atoms. The Kier molecular flexibility index (Phi) is 10.4. The van der Waals surface area contributed by atoms with E-state index in [0.717, 1.165) is 11.1 Å². The molecule has 5 aromatic carbocycles. The van der Waals surface area contributed by atoms with Gasteiger partial charge in [-0.3, -0.25) is 0 Å². The van der Waals surface area contributed by atoms with E-state index in [-0.39, 0.29) is 21.3 Å². The van der Waals surface area contributed by atoms with Crippen LogP contribution in [0, 0.1) is 27.7 Å². The summed E-state index contributed by atoms with van der Waals surface area (Å²) in [7, 11) is -8.10. The summed E-state index contributed by atoms with van der Waals surface area (Å²) in [6.07, 6.45) is 0. The predicted molar refractivity (Wildman–Crippen MR) is 192 cm³/mol. The van der Waals surface area contributed by atoms with E-state index in [2.05, 4.69) is 21.3 Å². The Morgan fingerprint density at radius 3 is 1.20 bits per heavy atom. The van der Waals surface area contributed by atoms with Gasteiger partial charge in [0.2, 0.25) is 0 Å². The van der Waals surface area contributed by atoms with Crippen LogP contribution in [0.5, 0.6) is 11.5 Å². The van der Waals surface area contributed by atoms with Gasteiger partial charge in [-0.05, 0) is 129 Å². The number of carbonyl (C=O) groups is 2. The Labute approximate surface area is 290 Å². The Balaban J connectivity index is 1.12. The van der Waals surface area contributed by atoms with E-state index in [0.29, 0.717) is 33.9 Å². The fourth-order valence-electron chi connectivity index (χ4n) is 4.75. The van der Waals surface area contributed by atoms with Gasteiger partial charge in [-0.1, -0.05) is 30.3 Å². The Morgan fingerprint density at radius 2 is 0.820 bits per heavy atom. The lowest BCUT2D eigenvalue weighted by Crippen LogP contribution is -2.21. The summed E-state index contributed by atoms with van der Waals surface area (Å²) in [5.41, 5.74) is 4.22. The third-order valence-electron chi connectivity index (χ3n) is 7.24. The number of aryl methyl sites for hydroxylation is 4. The monoisotopic (exact) mass is 714 g/mol.